The van der Waals surface area contributed by atoms with Crippen molar-refractivity contribution in [3.05, 3.63) is 60.7 Å². The van der Waals surface area contributed by atoms with Gasteiger partial charge in [0, 0.05) is 6.42 Å². The van der Waals surface area contributed by atoms with Gasteiger partial charge in [-0.25, -0.2) is 0 Å². The fraction of sp³-hybridized carbons (Fsp3) is 0.717. The van der Waals surface area contributed by atoms with Crippen molar-refractivity contribution in [1.29, 1.82) is 0 Å². The molecule has 2 aromatic rings. The summed E-state index contributed by atoms with van der Waals surface area (Å²) >= 11 is 0. The summed E-state index contributed by atoms with van der Waals surface area (Å²) in [4.78, 5) is 11.8. The maximum absolute atomic E-state index is 11.8. The lowest BCUT2D eigenvalue weighted by atomic mass is 10.1. The first-order valence-corrected chi connectivity index (χ1v) is 23.9. The number of benzene rings is 2. The molecule has 0 fully saturated rings. The first-order valence-electron chi connectivity index (χ1n) is 22.0. The van der Waals surface area contributed by atoms with Crippen LogP contribution in [0.5, 0.6) is 0 Å². The summed E-state index contributed by atoms with van der Waals surface area (Å²) in [6, 6.07) is 21.3. The molecule has 2 rings (SSSR count). The number of hydrogen-bond acceptors (Lipinski definition) is 12. The Morgan fingerprint density at radius 1 is 0.424 bits per heavy atom. The van der Waals surface area contributed by atoms with E-state index in [-0.39, 0.29) is 17.6 Å². The molecule has 0 saturated carbocycles. The van der Waals surface area contributed by atoms with Crippen molar-refractivity contribution in [3.8, 4) is 0 Å². The lowest BCUT2D eigenvalue weighted by molar-refractivity contribution is -0.145. The lowest BCUT2D eigenvalue weighted by Gasteiger charge is -2.43. The average Bonchev–Trinajstić information content (AvgIpc) is 3.24. The third-order valence-corrected chi connectivity index (χ3v) is 14.5. The van der Waals surface area contributed by atoms with E-state index in [0.29, 0.717) is 132 Å². The van der Waals surface area contributed by atoms with E-state index < -0.39 is 8.32 Å². The minimum atomic E-state index is -2.54. The number of carbonyl (C=O) groups excluding carboxylic acids is 1. The van der Waals surface area contributed by atoms with Crippen LogP contribution >= 0.6 is 0 Å². The van der Waals surface area contributed by atoms with Crippen LogP contribution in [0.1, 0.15) is 79.1 Å². The van der Waals surface area contributed by atoms with Crippen LogP contribution < -0.4 is 10.4 Å². The normalized spacial score (nSPS) is 12.0. The van der Waals surface area contributed by atoms with Crippen molar-refractivity contribution in [2.45, 2.75) is 84.1 Å². The molecule has 12 nitrogen and oxygen atoms in total. The van der Waals surface area contributed by atoms with Gasteiger partial charge in [-0.15, -0.1) is 0 Å². The predicted octanol–water partition coefficient (Wildman–Crippen LogP) is 6.40. The molecule has 59 heavy (non-hydrogen) atoms. The molecule has 0 amide bonds. The third-order valence-electron chi connectivity index (χ3n) is 9.41. The summed E-state index contributed by atoms with van der Waals surface area (Å²) in [6.45, 7) is 18.6. The second-order valence-corrected chi connectivity index (χ2v) is 19.4. The van der Waals surface area contributed by atoms with Crippen LogP contribution in [0.2, 0.25) is 5.04 Å². The summed E-state index contributed by atoms with van der Waals surface area (Å²) in [5.41, 5.74) is 0. The number of unbranched alkanes of at least 4 members (excludes halogenated alkanes) is 6. The Kier molecular flexibility index (Phi) is 32.6. The molecule has 2 aromatic carbocycles. The summed E-state index contributed by atoms with van der Waals surface area (Å²) < 4.78 is 62.2. The van der Waals surface area contributed by atoms with Gasteiger partial charge in [-0.1, -0.05) is 127 Å². The van der Waals surface area contributed by atoms with E-state index in [4.69, 9.17) is 51.8 Å². The standard InChI is InChI=1S/C46H78O12Si/c1-5-6-7-8-9-10-17-22-45(47)57-41-39-55-37-35-53-33-31-51-29-27-49-25-23-48-24-26-50-28-30-52-32-34-54-36-38-56-40-42-58-59(46(2,3)4,43-18-13-11-14-19-43)44-20-15-12-16-21-44/h11-16,18-21H,5-10,17,22-42H2,1-4H3. The Balaban J connectivity index is 1.27. The summed E-state index contributed by atoms with van der Waals surface area (Å²) in [5, 5.41) is 2.47. The molecule has 0 saturated heterocycles. The minimum absolute atomic E-state index is 0.0597. The zero-order valence-electron chi connectivity index (χ0n) is 37.0. The van der Waals surface area contributed by atoms with Crippen LogP contribution in [-0.2, 0) is 56.6 Å². The van der Waals surface area contributed by atoms with Crippen molar-refractivity contribution in [2.24, 2.45) is 0 Å². The van der Waals surface area contributed by atoms with Gasteiger partial charge >= 0.3 is 5.97 Å². The van der Waals surface area contributed by atoms with Gasteiger partial charge in [-0.05, 0) is 21.8 Å². The van der Waals surface area contributed by atoms with Gasteiger partial charge in [0.2, 0.25) is 0 Å². The van der Waals surface area contributed by atoms with E-state index >= 15 is 0 Å². The van der Waals surface area contributed by atoms with Gasteiger partial charge in [0.05, 0.1) is 126 Å². The molecule has 0 aliphatic rings. The number of esters is 1. The van der Waals surface area contributed by atoms with Gasteiger partial charge < -0.3 is 51.8 Å². The van der Waals surface area contributed by atoms with E-state index in [1.807, 2.05) is 0 Å². The number of ether oxygens (including phenoxy) is 10. The molecule has 0 aliphatic heterocycles. The van der Waals surface area contributed by atoms with Gasteiger partial charge in [-0.2, -0.15) is 0 Å². The van der Waals surface area contributed by atoms with Crippen molar-refractivity contribution in [3.63, 3.8) is 0 Å². The molecule has 0 spiro atoms. The number of carbonyl (C=O) groups is 1. The topological polar surface area (TPSA) is 119 Å². The molecule has 13 heteroatoms. The molecule has 0 bridgehead atoms. The zero-order chi connectivity index (χ0) is 42.4. The van der Waals surface area contributed by atoms with Crippen LogP contribution in [-0.4, -0.2) is 146 Å². The highest BCUT2D eigenvalue weighted by Gasteiger charge is 2.50. The van der Waals surface area contributed by atoms with Crippen LogP contribution in [0.3, 0.4) is 0 Å². The van der Waals surface area contributed by atoms with E-state index in [9.17, 15) is 4.79 Å². The lowest BCUT2D eigenvalue weighted by Crippen LogP contribution is -2.66. The highest BCUT2D eigenvalue weighted by molar-refractivity contribution is 6.99. The first kappa shape index (κ1) is 52.9. The number of hydrogen-bond donors (Lipinski definition) is 0. The smallest absolute Gasteiger partial charge is 0.305 e. The molecule has 0 aliphatic carbocycles. The fourth-order valence-electron chi connectivity index (χ4n) is 6.39. The first-order chi connectivity index (χ1) is 28.9. The molecule has 0 N–H and O–H groups in total. The average molecular weight is 851 g/mol. The summed E-state index contributed by atoms with van der Waals surface area (Å²) in [6.07, 6.45) is 8.79. The van der Waals surface area contributed by atoms with Gasteiger partial charge in [0.15, 0.2) is 0 Å². The quantitative estimate of drug-likeness (QED) is 0.0419. The molecule has 338 valence electrons. The molecule has 0 unspecified atom stereocenters. The maximum Gasteiger partial charge on any atom is 0.305 e. The maximum atomic E-state index is 11.8. The van der Waals surface area contributed by atoms with E-state index in [0.717, 1.165) is 12.8 Å². The SMILES string of the molecule is CCCCCCCCCC(=O)OCCOCCOCCOCCOCCOCCOCCOCCOCCOCCO[Si](c1ccccc1)(c1ccccc1)C(C)(C)C. The summed E-state index contributed by atoms with van der Waals surface area (Å²) in [5.74, 6) is -0.141. The second-order valence-electron chi connectivity index (χ2n) is 15.1. The highest BCUT2D eigenvalue weighted by Crippen LogP contribution is 2.36. The Hall–Kier alpha value is -2.27. The zero-order valence-corrected chi connectivity index (χ0v) is 38.0. The second kappa shape index (κ2) is 36.4. The molecule has 0 atom stereocenters. The van der Waals surface area contributed by atoms with E-state index in [1.54, 1.807) is 0 Å². The van der Waals surface area contributed by atoms with Crippen LogP contribution in [0.4, 0.5) is 0 Å². The van der Waals surface area contributed by atoms with Gasteiger partial charge in [0.1, 0.15) is 6.61 Å². The Morgan fingerprint density at radius 2 is 0.729 bits per heavy atom. The molecule has 0 heterocycles. The van der Waals surface area contributed by atoms with Crippen molar-refractivity contribution >= 4 is 24.7 Å². The summed E-state index contributed by atoms with van der Waals surface area (Å²) in [7, 11) is -2.54. The fourth-order valence-corrected chi connectivity index (χ4v) is 10.9. The monoisotopic (exact) mass is 851 g/mol. The molecular formula is C46H78O12Si. The van der Waals surface area contributed by atoms with E-state index in [1.165, 1.54) is 42.5 Å². The Labute approximate surface area is 357 Å². The van der Waals surface area contributed by atoms with Crippen molar-refractivity contribution in [2.75, 3.05) is 132 Å². The third kappa shape index (κ3) is 26.0. The molecule has 0 radical (unpaired) electrons. The van der Waals surface area contributed by atoms with Crippen molar-refractivity contribution < 1.29 is 56.6 Å². The predicted molar refractivity (Wildman–Crippen MR) is 235 cm³/mol. The van der Waals surface area contributed by atoms with Crippen LogP contribution in [0.25, 0.3) is 0 Å². The van der Waals surface area contributed by atoms with Crippen LogP contribution in [0.15, 0.2) is 60.7 Å². The molecular weight excluding hydrogens is 773 g/mol. The minimum Gasteiger partial charge on any atom is -0.463 e. The Bertz CT molecular complexity index is 1180. The van der Waals surface area contributed by atoms with Crippen molar-refractivity contribution in [1.82, 2.24) is 0 Å². The van der Waals surface area contributed by atoms with Gasteiger partial charge in [-0.3, -0.25) is 4.79 Å². The largest absolute Gasteiger partial charge is 0.463 e. The highest BCUT2D eigenvalue weighted by atomic mass is 28.4. The van der Waals surface area contributed by atoms with Gasteiger partial charge in [0.25, 0.3) is 8.32 Å². The number of rotatable bonds is 41. The molecule has 0 aromatic heterocycles. The Morgan fingerprint density at radius 3 is 1.07 bits per heavy atom. The van der Waals surface area contributed by atoms with Crippen LogP contribution in [0, 0.1) is 0 Å². The van der Waals surface area contributed by atoms with E-state index in [2.05, 4.69) is 88.4 Å².